The molecular weight excluding hydrogens is 308 g/mol. The lowest BCUT2D eigenvalue weighted by molar-refractivity contribution is -0.136. The number of carbonyl (C=O) groups is 2. The monoisotopic (exact) mass is 330 g/mol. The minimum absolute atomic E-state index is 0.167. The fraction of sp³-hybridized carbons (Fsp3) is 0.333. The van der Waals surface area contributed by atoms with E-state index >= 15 is 0 Å². The smallest absolute Gasteiger partial charge is 0.313 e. The number of nitrogens with one attached hydrogen (secondary N) is 2. The summed E-state index contributed by atoms with van der Waals surface area (Å²) in [6, 6.07) is 7.22. The highest BCUT2D eigenvalue weighted by molar-refractivity contribution is 6.39. The molecule has 1 aromatic heterocycles. The van der Waals surface area contributed by atoms with Gasteiger partial charge in [0.05, 0.1) is 6.26 Å². The summed E-state index contributed by atoms with van der Waals surface area (Å²) in [5.74, 6) is -1.03. The van der Waals surface area contributed by atoms with E-state index in [4.69, 9.17) is 4.42 Å². The number of benzene rings is 1. The van der Waals surface area contributed by atoms with Crippen molar-refractivity contribution in [1.29, 1.82) is 0 Å². The van der Waals surface area contributed by atoms with Crippen LogP contribution in [0.3, 0.4) is 0 Å². The second kappa shape index (κ2) is 7.79. The van der Waals surface area contributed by atoms with Gasteiger partial charge in [-0.3, -0.25) is 9.59 Å². The maximum absolute atomic E-state index is 12.0. The zero-order valence-corrected chi connectivity index (χ0v) is 14.1. The van der Waals surface area contributed by atoms with Gasteiger partial charge in [-0.1, -0.05) is 17.7 Å². The van der Waals surface area contributed by atoms with E-state index in [2.05, 4.69) is 10.6 Å². The summed E-state index contributed by atoms with van der Waals surface area (Å²) in [5.41, 5.74) is 3.56. The molecule has 0 radical (unpaired) electrons. The number of rotatable bonds is 5. The lowest BCUT2D eigenvalue weighted by Gasteiger charge is -2.13. The molecule has 0 saturated carbocycles. The van der Waals surface area contributed by atoms with Crippen LogP contribution < -0.4 is 10.6 Å². The number of aliphatic hydroxyl groups is 1. The average Bonchev–Trinajstić information content (AvgIpc) is 3.04. The Morgan fingerprint density at radius 2 is 1.83 bits per heavy atom. The van der Waals surface area contributed by atoms with Crippen molar-refractivity contribution in [2.45, 2.75) is 33.3 Å². The van der Waals surface area contributed by atoms with Crippen LogP contribution in [0.2, 0.25) is 0 Å². The molecular formula is C18H22N2O4. The van der Waals surface area contributed by atoms with Crippen LogP contribution in [0.25, 0.3) is 0 Å². The Hall–Kier alpha value is -2.60. The second-order valence-corrected chi connectivity index (χ2v) is 5.80. The summed E-state index contributed by atoms with van der Waals surface area (Å²) in [6.45, 7) is 5.91. The van der Waals surface area contributed by atoms with Gasteiger partial charge in [-0.25, -0.2) is 0 Å². The molecule has 3 N–H and O–H groups in total. The highest BCUT2D eigenvalue weighted by Crippen LogP contribution is 2.21. The van der Waals surface area contributed by atoms with E-state index in [9.17, 15) is 14.7 Å². The molecule has 1 aromatic carbocycles. The molecule has 0 aliphatic carbocycles. The molecule has 6 nitrogen and oxygen atoms in total. The Morgan fingerprint density at radius 3 is 2.42 bits per heavy atom. The molecule has 2 rings (SSSR count). The predicted molar refractivity (Wildman–Crippen MR) is 90.6 cm³/mol. The van der Waals surface area contributed by atoms with E-state index in [1.807, 2.05) is 32.9 Å². The van der Waals surface area contributed by atoms with Crippen molar-refractivity contribution >= 4 is 17.5 Å². The van der Waals surface area contributed by atoms with Crippen LogP contribution in [0.1, 0.15) is 35.0 Å². The molecule has 0 spiro atoms. The van der Waals surface area contributed by atoms with Crippen molar-refractivity contribution in [2.75, 3.05) is 11.9 Å². The van der Waals surface area contributed by atoms with Gasteiger partial charge in [0.15, 0.2) is 0 Å². The third-order valence-electron chi connectivity index (χ3n) is 3.70. The fourth-order valence-electron chi connectivity index (χ4n) is 2.57. The quantitative estimate of drug-likeness (QED) is 0.734. The van der Waals surface area contributed by atoms with E-state index in [0.29, 0.717) is 11.4 Å². The number of aryl methyl sites for hydroxylation is 3. The van der Waals surface area contributed by atoms with Crippen molar-refractivity contribution in [3.8, 4) is 0 Å². The van der Waals surface area contributed by atoms with Crippen molar-refractivity contribution in [1.82, 2.24) is 5.32 Å². The first-order chi connectivity index (χ1) is 11.4. The van der Waals surface area contributed by atoms with Gasteiger partial charge in [-0.15, -0.1) is 0 Å². The summed E-state index contributed by atoms with van der Waals surface area (Å²) < 4.78 is 5.07. The molecule has 0 fully saturated rings. The Morgan fingerprint density at radius 1 is 1.17 bits per heavy atom. The topological polar surface area (TPSA) is 91.6 Å². The van der Waals surface area contributed by atoms with Crippen LogP contribution >= 0.6 is 0 Å². The number of anilines is 1. The normalized spacial score (nSPS) is 11.8. The third kappa shape index (κ3) is 4.45. The number of hydrogen-bond donors (Lipinski definition) is 3. The first kappa shape index (κ1) is 17.7. The third-order valence-corrected chi connectivity index (χ3v) is 3.70. The highest BCUT2D eigenvalue weighted by atomic mass is 16.4. The van der Waals surface area contributed by atoms with Crippen LogP contribution in [0.15, 0.2) is 34.9 Å². The maximum atomic E-state index is 12.0. The van der Waals surface area contributed by atoms with Gasteiger partial charge >= 0.3 is 11.8 Å². The predicted octanol–water partition coefficient (Wildman–Crippen LogP) is 2.38. The molecule has 0 saturated heterocycles. The van der Waals surface area contributed by atoms with Gasteiger partial charge in [0.2, 0.25) is 0 Å². The Kier molecular flexibility index (Phi) is 5.76. The molecule has 2 aromatic rings. The minimum Gasteiger partial charge on any atom is -0.467 e. The zero-order valence-electron chi connectivity index (χ0n) is 14.1. The van der Waals surface area contributed by atoms with Gasteiger partial charge < -0.3 is 20.2 Å². The van der Waals surface area contributed by atoms with E-state index in [-0.39, 0.29) is 13.0 Å². The summed E-state index contributed by atoms with van der Waals surface area (Å²) in [7, 11) is 0. The maximum Gasteiger partial charge on any atom is 0.313 e. The highest BCUT2D eigenvalue weighted by Gasteiger charge is 2.17. The molecule has 24 heavy (non-hydrogen) atoms. The van der Waals surface area contributed by atoms with Gasteiger partial charge in [-0.05, 0) is 50.5 Å². The molecule has 0 aliphatic rings. The molecule has 6 heteroatoms. The van der Waals surface area contributed by atoms with E-state index in [1.165, 1.54) is 6.26 Å². The number of furan rings is 1. The van der Waals surface area contributed by atoms with Crippen LogP contribution in [0.4, 0.5) is 5.69 Å². The lowest BCUT2D eigenvalue weighted by atomic mass is 10.1. The number of amides is 2. The fourth-order valence-corrected chi connectivity index (χ4v) is 2.57. The molecule has 2 amide bonds. The van der Waals surface area contributed by atoms with E-state index < -0.39 is 17.9 Å². The van der Waals surface area contributed by atoms with Crippen LogP contribution in [-0.2, 0) is 9.59 Å². The van der Waals surface area contributed by atoms with Crippen LogP contribution in [-0.4, -0.2) is 23.5 Å². The van der Waals surface area contributed by atoms with Gasteiger partial charge in [-0.2, -0.15) is 0 Å². The van der Waals surface area contributed by atoms with Crippen LogP contribution in [0.5, 0.6) is 0 Å². The van der Waals surface area contributed by atoms with Crippen molar-refractivity contribution in [2.24, 2.45) is 0 Å². The standard InChI is InChI=1S/C18H22N2O4/c1-11-9-12(2)16(13(3)10-11)20-18(23)17(22)19-7-6-14(21)15-5-4-8-24-15/h4-5,8-10,14,21H,6-7H2,1-3H3,(H,19,22)(H,20,23). The number of hydrogen-bond acceptors (Lipinski definition) is 4. The molecule has 1 heterocycles. The van der Waals surface area contributed by atoms with Gasteiger partial charge in [0.1, 0.15) is 11.9 Å². The Labute approximate surface area is 140 Å². The molecule has 1 unspecified atom stereocenters. The van der Waals surface area contributed by atoms with Crippen molar-refractivity contribution in [3.63, 3.8) is 0 Å². The van der Waals surface area contributed by atoms with Gasteiger partial charge in [0, 0.05) is 12.2 Å². The number of aliphatic hydroxyl groups excluding tert-OH is 1. The SMILES string of the molecule is Cc1cc(C)c(NC(=O)C(=O)NCCC(O)c2ccco2)c(C)c1. The zero-order chi connectivity index (χ0) is 17.7. The molecule has 0 bridgehead atoms. The summed E-state index contributed by atoms with van der Waals surface area (Å²) in [6.07, 6.45) is 0.913. The Balaban J connectivity index is 1.86. The van der Waals surface area contributed by atoms with Gasteiger partial charge in [0.25, 0.3) is 0 Å². The summed E-state index contributed by atoms with van der Waals surface area (Å²) >= 11 is 0. The largest absolute Gasteiger partial charge is 0.467 e. The molecule has 128 valence electrons. The second-order valence-electron chi connectivity index (χ2n) is 5.80. The van der Waals surface area contributed by atoms with Crippen LogP contribution in [0, 0.1) is 20.8 Å². The molecule has 1 atom stereocenters. The minimum atomic E-state index is -0.815. The Bertz CT molecular complexity index is 700. The van der Waals surface area contributed by atoms with Crippen molar-refractivity contribution in [3.05, 3.63) is 53.0 Å². The average molecular weight is 330 g/mol. The number of carbonyl (C=O) groups excluding carboxylic acids is 2. The van der Waals surface area contributed by atoms with E-state index in [0.717, 1.165) is 16.7 Å². The summed E-state index contributed by atoms with van der Waals surface area (Å²) in [4.78, 5) is 23.9. The van der Waals surface area contributed by atoms with Crippen molar-refractivity contribution < 1.29 is 19.1 Å². The van der Waals surface area contributed by atoms with E-state index in [1.54, 1.807) is 12.1 Å². The molecule has 0 aliphatic heterocycles. The lowest BCUT2D eigenvalue weighted by Crippen LogP contribution is -2.36. The first-order valence-electron chi connectivity index (χ1n) is 7.77. The first-order valence-corrected chi connectivity index (χ1v) is 7.77. The summed E-state index contributed by atoms with van der Waals surface area (Å²) in [5, 5.41) is 15.0.